The minimum atomic E-state index is -0.601. The Morgan fingerprint density at radius 3 is 2.59 bits per heavy atom. The minimum absolute atomic E-state index is 0.133. The van der Waals surface area contributed by atoms with Gasteiger partial charge in [-0.1, -0.05) is 0 Å². The van der Waals surface area contributed by atoms with Crippen molar-refractivity contribution in [3.63, 3.8) is 0 Å². The Kier molecular flexibility index (Phi) is 4.39. The Labute approximate surface area is 98.6 Å². The van der Waals surface area contributed by atoms with Crippen molar-refractivity contribution in [2.75, 3.05) is 14.2 Å². The number of rotatable bonds is 4. The van der Waals surface area contributed by atoms with Gasteiger partial charge in [0.25, 0.3) is 0 Å². The number of methoxy groups -OCH3 is 1. The van der Waals surface area contributed by atoms with E-state index >= 15 is 0 Å². The molecule has 0 aliphatic rings. The van der Waals surface area contributed by atoms with Crippen LogP contribution < -0.4 is 5.32 Å². The third-order valence-electron chi connectivity index (χ3n) is 2.15. The van der Waals surface area contributed by atoms with E-state index in [1.54, 1.807) is 7.05 Å². The molecule has 0 saturated heterocycles. The highest BCUT2D eigenvalue weighted by Gasteiger charge is 2.10. The van der Waals surface area contributed by atoms with Crippen LogP contribution in [0.5, 0.6) is 0 Å². The molecule has 2 N–H and O–H groups in total. The van der Waals surface area contributed by atoms with Crippen molar-refractivity contribution >= 4 is 17.9 Å². The molecule has 0 aromatic heterocycles. The number of carbonyl (C=O) groups is 1. The normalized spacial score (nSPS) is 10.9. The van der Waals surface area contributed by atoms with Gasteiger partial charge in [0.2, 0.25) is 0 Å². The van der Waals surface area contributed by atoms with Crippen LogP contribution in [0.15, 0.2) is 24.3 Å². The predicted octanol–water partition coefficient (Wildman–Crippen LogP) is 1.82. The van der Waals surface area contributed by atoms with E-state index < -0.39 is 11.8 Å². The zero-order valence-electron chi connectivity index (χ0n) is 9.58. The van der Waals surface area contributed by atoms with Crippen molar-refractivity contribution in [3.05, 3.63) is 41.2 Å². The Morgan fingerprint density at radius 2 is 2.06 bits per heavy atom. The number of nitrogens with one attached hydrogen (secondary N) is 2. The second-order valence-electron chi connectivity index (χ2n) is 3.22. The van der Waals surface area contributed by atoms with Gasteiger partial charge in [-0.25, -0.2) is 9.18 Å². The first-order valence-electron chi connectivity index (χ1n) is 4.90. The SMILES string of the molecule is CN/C(=C\C=N)c1cc(F)cc(C(=O)OC)c1. The molecule has 90 valence electrons. The van der Waals surface area contributed by atoms with Gasteiger partial charge in [0.1, 0.15) is 5.82 Å². The van der Waals surface area contributed by atoms with E-state index in [0.29, 0.717) is 11.3 Å². The fraction of sp³-hybridized carbons (Fsp3) is 0.167. The minimum Gasteiger partial charge on any atom is -0.465 e. The number of carbonyl (C=O) groups excluding carboxylic acids is 1. The second-order valence-corrected chi connectivity index (χ2v) is 3.22. The molecular formula is C12H13FN2O2. The number of allylic oxidation sites excluding steroid dienone is 1. The summed E-state index contributed by atoms with van der Waals surface area (Å²) < 4.78 is 17.9. The van der Waals surface area contributed by atoms with Crippen LogP contribution in [0.4, 0.5) is 4.39 Å². The molecule has 0 bridgehead atoms. The molecule has 17 heavy (non-hydrogen) atoms. The number of hydrogen-bond donors (Lipinski definition) is 2. The Morgan fingerprint density at radius 1 is 1.41 bits per heavy atom. The van der Waals surface area contributed by atoms with Crippen molar-refractivity contribution in [1.29, 1.82) is 5.41 Å². The Balaban J connectivity index is 3.25. The van der Waals surface area contributed by atoms with Crippen LogP contribution in [0, 0.1) is 11.2 Å². The number of halogens is 1. The standard InChI is InChI=1S/C12H13FN2O2/c1-15-11(3-4-14)8-5-9(12(16)17-2)7-10(13)6-8/h3-7,14-15H,1-2H3/b11-3-,14-4?. The fourth-order valence-electron chi connectivity index (χ4n) is 1.39. The van der Waals surface area contributed by atoms with Gasteiger partial charge >= 0.3 is 5.97 Å². The smallest absolute Gasteiger partial charge is 0.337 e. The molecule has 0 spiro atoms. The van der Waals surface area contributed by atoms with E-state index in [-0.39, 0.29) is 5.56 Å². The van der Waals surface area contributed by atoms with E-state index in [4.69, 9.17) is 5.41 Å². The maximum Gasteiger partial charge on any atom is 0.337 e. The van der Waals surface area contributed by atoms with Crippen LogP contribution >= 0.6 is 0 Å². The molecule has 0 amide bonds. The van der Waals surface area contributed by atoms with Crippen molar-refractivity contribution < 1.29 is 13.9 Å². The second kappa shape index (κ2) is 5.79. The zero-order valence-corrected chi connectivity index (χ0v) is 9.58. The monoisotopic (exact) mass is 236 g/mol. The first kappa shape index (κ1) is 12.9. The summed E-state index contributed by atoms with van der Waals surface area (Å²) in [6, 6.07) is 3.88. The fourth-order valence-corrected chi connectivity index (χ4v) is 1.39. The molecule has 0 radical (unpaired) electrons. The van der Waals surface area contributed by atoms with Crippen LogP contribution in [0.2, 0.25) is 0 Å². The van der Waals surface area contributed by atoms with Gasteiger partial charge in [0.05, 0.1) is 12.7 Å². The summed E-state index contributed by atoms with van der Waals surface area (Å²) >= 11 is 0. The lowest BCUT2D eigenvalue weighted by Crippen LogP contribution is -2.08. The molecule has 1 aromatic rings. The number of esters is 1. The molecule has 0 atom stereocenters. The van der Waals surface area contributed by atoms with E-state index in [0.717, 1.165) is 12.3 Å². The summed E-state index contributed by atoms with van der Waals surface area (Å²) in [7, 11) is 2.89. The lowest BCUT2D eigenvalue weighted by molar-refractivity contribution is 0.0600. The van der Waals surface area contributed by atoms with E-state index in [2.05, 4.69) is 10.1 Å². The molecule has 0 saturated carbocycles. The topological polar surface area (TPSA) is 62.2 Å². The number of benzene rings is 1. The van der Waals surface area contributed by atoms with E-state index in [1.807, 2.05) is 0 Å². The van der Waals surface area contributed by atoms with Crippen LogP contribution in [-0.4, -0.2) is 26.3 Å². The molecule has 0 unspecified atom stereocenters. The van der Waals surface area contributed by atoms with Crippen molar-refractivity contribution in [2.24, 2.45) is 0 Å². The van der Waals surface area contributed by atoms with Gasteiger partial charge in [-0.05, 0) is 24.3 Å². The van der Waals surface area contributed by atoms with E-state index in [1.165, 1.54) is 25.3 Å². The maximum atomic E-state index is 13.3. The largest absolute Gasteiger partial charge is 0.465 e. The highest BCUT2D eigenvalue weighted by molar-refractivity contribution is 5.91. The first-order valence-corrected chi connectivity index (χ1v) is 4.90. The summed E-state index contributed by atoms with van der Waals surface area (Å²) in [5, 5.41) is 9.81. The zero-order chi connectivity index (χ0) is 12.8. The lowest BCUT2D eigenvalue weighted by Gasteiger charge is -2.08. The van der Waals surface area contributed by atoms with Gasteiger partial charge in [-0.2, -0.15) is 0 Å². The highest BCUT2D eigenvalue weighted by Crippen LogP contribution is 2.16. The van der Waals surface area contributed by atoms with Crippen LogP contribution in [0.25, 0.3) is 5.70 Å². The van der Waals surface area contributed by atoms with Crippen molar-refractivity contribution in [2.45, 2.75) is 0 Å². The average Bonchev–Trinajstić information content (AvgIpc) is 2.34. The predicted molar refractivity (Wildman–Crippen MR) is 63.6 cm³/mol. The summed E-state index contributed by atoms with van der Waals surface area (Å²) in [5.74, 6) is -1.13. The highest BCUT2D eigenvalue weighted by atomic mass is 19.1. The van der Waals surface area contributed by atoms with Gasteiger partial charge in [-0.15, -0.1) is 0 Å². The molecule has 0 heterocycles. The van der Waals surface area contributed by atoms with Gasteiger partial charge in [0, 0.05) is 24.5 Å². The summed E-state index contributed by atoms with van der Waals surface area (Å²) in [6.45, 7) is 0. The van der Waals surface area contributed by atoms with Crippen LogP contribution in [-0.2, 0) is 4.74 Å². The third-order valence-corrected chi connectivity index (χ3v) is 2.15. The van der Waals surface area contributed by atoms with Crippen molar-refractivity contribution in [1.82, 2.24) is 5.32 Å². The quantitative estimate of drug-likeness (QED) is 0.619. The first-order chi connectivity index (χ1) is 8.12. The summed E-state index contributed by atoms with van der Waals surface area (Å²) in [5.41, 5.74) is 1.16. The Hall–Kier alpha value is -2.17. The summed E-state index contributed by atoms with van der Waals surface area (Å²) in [4.78, 5) is 11.3. The Bertz CT molecular complexity index is 470. The van der Waals surface area contributed by atoms with E-state index in [9.17, 15) is 9.18 Å². The molecule has 4 nitrogen and oxygen atoms in total. The number of ether oxygens (including phenoxy) is 1. The molecule has 5 heteroatoms. The molecule has 1 aromatic carbocycles. The summed E-state index contributed by atoms with van der Waals surface area (Å²) in [6.07, 6.45) is 2.55. The van der Waals surface area contributed by atoms with Crippen LogP contribution in [0.3, 0.4) is 0 Å². The number of hydrogen-bond acceptors (Lipinski definition) is 4. The maximum absolute atomic E-state index is 13.3. The molecule has 0 aliphatic heterocycles. The molecule has 0 aliphatic carbocycles. The van der Waals surface area contributed by atoms with Gasteiger partial charge < -0.3 is 15.5 Å². The van der Waals surface area contributed by atoms with Gasteiger partial charge in [-0.3, -0.25) is 0 Å². The molecule has 0 fully saturated rings. The molecular weight excluding hydrogens is 223 g/mol. The molecule has 1 rings (SSSR count). The van der Waals surface area contributed by atoms with Crippen molar-refractivity contribution in [3.8, 4) is 0 Å². The third kappa shape index (κ3) is 3.14. The van der Waals surface area contributed by atoms with Crippen LogP contribution in [0.1, 0.15) is 15.9 Å². The lowest BCUT2D eigenvalue weighted by atomic mass is 10.1. The average molecular weight is 236 g/mol. The van der Waals surface area contributed by atoms with Gasteiger partial charge in [0.15, 0.2) is 0 Å².